The zero-order valence-electron chi connectivity index (χ0n) is 6.50. The van der Waals surface area contributed by atoms with Crippen molar-refractivity contribution in [1.82, 2.24) is 4.98 Å². The van der Waals surface area contributed by atoms with Gasteiger partial charge in [0.15, 0.2) is 0 Å². The van der Waals surface area contributed by atoms with Crippen LogP contribution in [0.15, 0.2) is 34.2 Å². The highest BCUT2D eigenvalue weighted by Gasteiger charge is 2.03. The maximum atomic E-state index is 13.0. The standard InChI is InChI=1S/C9H5BrFNS/c10-7-3-6(4-8(11)5-7)9-12-1-2-13-9/h1-5H. The summed E-state index contributed by atoms with van der Waals surface area (Å²) >= 11 is 4.73. The fourth-order valence-corrected chi connectivity index (χ4v) is 2.13. The van der Waals surface area contributed by atoms with Crippen molar-refractivity contribution < 1.29 is 4.39 Å². The molecule has 0 N–H and O–H groups in total. The third-order valence-corrected chi connectivity index (χ3v) is 2.82. The Bertz CT molecular complexity index is 393. The second-order valence-corrected chi connectivity index (χ2v) is 4.31. The predicted molar refractivity (Wildman–Crippen MR) is 55.2 cm³/mol. The third-order valence-electron chi connectivity index (χ3n) is 1.54. The molecule has 0 saturated heterocycles. The van der Waals surface area contributed by atoms with Crippen LogP contribution in [0.25, 0.3) is 10.6 Å². The van der Waals surface area contributed by atoms with E-state index in [2.05, 4.69) is 20.9 Å². The van der Waals surface area contributed by atoms with Crippen molar-refractivity contribution in [3.8, 4) is 10.6 Å². The predicted octanol–water partition coefficient (Wildman–Crippen LogP) is 3.71. The van der Waals surface area contributed by atoms with E-state index in [1.54, 1.807) is 6.20 Å². The Hall–Kier alpha value is -0.740. The molecule has 0 fully saturated rings. The molecule has 0 atom stereocenters. The zero-order valence-corrected chi connectivity index (χ0v) is 8.90. The summed E-state index contributed by atoms with van der Waals surface area (Å²) in [6, 6.07) is 4.75. The summed E-state index contributed by atoms with van der Waals surface area (Å²) in [6.07, 6.45) is 1.71. The van der Waals surface area contributed by atoms with Crippen LogP contribution in [0.5, 0.6) is 0 Å². The van der Waals surface area contributed by atoms with Crippen LogP contribution < -0.4 is 0 Å². The fourth-order valence-electron chi connectivity index (χ4n) is 1.04. The molecular weight excluding hydrogens is 253 g/mol. The lowest BCUT2D eigenvalue weighted by atomic mass is 10.2. The van der Waals surface area contributed by atoms with Crippen LogP contribution >= 0.6 is 27.3 Å². The van der Waals surface area contributed by atoms with E-state index in [9.17, 15) is 4.39 Å². The van der Waals surface area contributed by atoms with Gasteiger partial charge in [-0.3, -0.25) is 0 Å². The van der Waals surface area contributed by atoms with Crippen molar-refractivity contribution >= 4 is 27.3 Å². The van der Waals surface area contributed by atoms with Crippen LogP contribution in [0.1, 0.15) is 0 Å². The minimum Gasteiger partial charge on any atom is -0.245 e. The van der Waals surface area contributed by atoms with Crippen LogP contribution in [0, 0.1) is 5.82 Å². The van der Waals surface area contributed by atoms with Crippen LogP contribution in [0.4, 0.5) is 4.39 Å². The van der Waals surface area contributed by atoms with Crippen molar-refractivity contribution in [1.29, 1.82) is 0 Å². The van der Waals surface area contributed by atoms with Gasteiger partial charge in [0, 0.05) is 21.6 Å². The summed E-state index contributed by atoms with van der Waals surface area (Å²) < 4.78 is 13.7. The summed E-state index contributed by atoms with van der Waals surface area (Å²) in [4.78, 5) is 4.10. The van der Waals surface area contributed by atoms with Gasteiger partial charge in [0.05, 0.1) is 0 Å². The highest BCUT2D eigenvalue weighted by atomic mass is 79.9. The van der Waals surface area contributed by atoms with Crippen LogP contribution in [0.3, 0.4) is 0 Å². The third kappa shape index (κ3) is 1.95. The van der Waals surface area contributed by atoms with E-state index >= 15 is 0 Å². The first-order chi connectivity index (χ1) is 6.25. The highest BCUT2D eigenvalue weighted by molar-refractivity contribution is 9.10. The molecule has 2 aromatic rings. The van der Waals surface area contributed by atoms with E-state index in [4.69, 9.17) is 0 Å². The molecule has 0 aliphatic rings. The molecule has 0 amide bonds. The highest BCUT2D eigenvalue weighted by Crippen LogP contribution is 2.25. The first-order valence-corrected chi connectivity index (χ1v) is 5.29. The Morgan fingerprint density at radius 2 is 2.15 bits per heavy atom. The number of aromatic nitrogens is 1. The molecular formula is C9H5BrFNS. The molecule has 13 heavy (non-hydrogen) atoms. The number of nitrogens with zero attached hydrogens (tertiary/aromatic N) is 1. The van der Waals surface area contributed by atoms with Gasteiger partial charge in [-0.15, -0.1) is 11.3 Å². The number of halogens is 2. The summed E-state index contributed by atoms with van der Waals surface area (Å²) in [5, 5.41) is 2.70. The molecule has 0 radical (unpaired) electrons. The van der Waals surface area contributed by atoms with Crippen LogP contribution in [-0.2, 0) is 0 Å². The van der Waals surface area contributed by atoms with Crippen molar-refractivity contribution in [2.45, 2.75) is 0 Å². The van der Waals surface area contributed by atoms with Gasteiger partial charge >= 0.3 is 0 Å². The molecule has 0 bridgehead atoms. The number of thiazole rings is 1. The molecule has 1 aromatic carbocycles. The molecule has 4 heteroatoms. The lowest BCUT2D eigenvalue weighted by Crippen LogP contribution is -1.79. The average molecular weight is 258 g/mol. The van der Waals surface area contributed by atoms with Gasteiger partial charge < -0.3 is 0 Å². The van der Waals surface area contributed by atoms with E-state index in [1.807, 2.05) is 11.4 Å². The van der Waals surface area contributed by atoms with Gasteiger partial charge in [0.25, 0.3) is 0 Å². The van der Waals surface area contributed by atoms with E-state index < -0.39 is 0 Å². The lowest BCUT2D eigenvalue weighted by Gasteiger charge is -1.97. The molecule has 66 valence electrons. The molecule has 2 rings (SSSR count). The Morgan fingerprint density at radius 3 is 2.77 bits per heavy atom. The molecule has 1 heterocycles. The summed E-state index contributed by atoms with van der Waals surface area (Å²) in [6.45, 7) is 0. The summed E-state index contributed by atoms with van der Waals surface area (Å²) in [7, 11) is 0. The molecule has 0 saturated carbocycles. The van der Waals surface area contributed by atoms with Crippen molar-refractivity contribution in [2.24, 2.45) is 0 Å². The van der Waals surface area contributed by atoms with E-state index in [0.29, 0.717) is 0 Å². The van der Waals surface area contributed by atoms with Crippen LogP contribution in [-0.4, -0.2) is 4.98 Å². The topological polar surface area (TPSA) is 12.9 Å². The number of hydrogen-bond donors (Lipinski definition) is 0. The van der Waals surface area contributed by atoms with Gasteiger partial charge in [-0.2, -0.15) is 0 Å². The largest absolute Gasteiger partial charge is 0.245 e. The monoisotopic (exact) mass is 257 g/mol. The molecule has 0 spiro atoms. The lowest BCUT2D eigenvalue weighted by molar-refractivity contribution is 0.627. The van der Waals surface area contributed by atoms with Gasteiger partial charge in [-0.1, -0.05) is 15.9 Å². The Kier molecular flexibility index (Phi) is 2.42. The van der Waals surface area contributed by atoms with E-state index in [0.717, 1.165) is 15.0 Å². The van der Waals surface area contributed by atoms with Gasteiger partial charge in [0.1, 0.15) is 10.8 Å². The van der Waals surface area contributed by atoms with Gasteiger partial charge in [-0.05, 0) is 18.2 Å². The number of benzene rings is 1. The Morgan fingerprint density at radius 1 is 1.31 bits per heavy atom. The van der Waals surface area contributed by atoms with E-state index in [1.165, 1.54) is 23.5 Å². The van der Waals surface area contributed by atoms with Gasteiger partial charge in [-0.25, -0.2) is 9.37 Å². The summed E-state index contributed by atoms with van der Waals surface area (Å²) in [5.74, 6) is -0.250. The van der Waals surface area contributed by atoms with Crippen LogP contribution in [0.2, 0.25) is 0 Å². The molecule has 1 aromatic heterocycles. The van der Waals surface area contributed by atoms with Crippen molar-refractivity contribution in [3.05, 3.63) is 40.1 Å². The van der Waals surface area contributed by atoms with E-state index in [-0.39, 0.29) is 5.82 Å². The minimum absolute atomic E-state index is 0.250. The maximum Gasteiger partial charge on any atom is 0.125 e. The van der Waals surface area contributed by atoms with Crippen molar-refractivity contribution in [2.75, 3.05) is 0 Å². The Balaban J connectivity index is 2.53. The first kappa shape index (κ1) is 8.84. The first-order valence-electron chi connectivity index (χ1n) is 3.61. The SMILES string of the molecule is Fc1cc(Br)cc(-c2nccs2)c1. The smallest absolute Gasteiger partial charge is 0.125 e. The number of hydrogen-bond acceptors (Lipinski definition) is 2. The number of rotatable bonds is 1. The molecule has 0 aliphatic heterocycles. The quantitative estimate of drug-likeness (QED) is 0.759. The molecule has 1 nitrogen and oxygen atoms in total. The minimum atomic E-state index is -0.250. The van der Waals surface area contributed by atoms with Gasteiger partial charge in [0.2, 0.25) is 0 Å². The maximum absolute atomic E-state index is 13.0. The Labute approximate surface area is 87.4 Å². The fraction of sp³-hybridized carbons (Fsp3) is 0. The molecule has 0 unspecified atom stereocenters. The average Bonchev–Trinajstić information content (AvgIpc) is 2.53. The second-order valence-electron chi connectivity index (χ2n) is 2.50. The molecule has 0 aliphatic carbocycles. The zero-order chi connectivity index (χ0) is 9.26. The normalized spacial score (nSPS) is 10.3. The van der Waals surface area contributed by atoms with Crippen molar-refractivity contribution in [3.63, 3.8) is 0 Å². The second kappa shape index (κ2) is 3.55. The summed E-state index contributed by atoms with van der Waals surface area (Å²) in [5.41, 5.74) is 0.807.